The topological polar surface area (TPSA) is 162 Å². The Labute approximate surface area is 149 Å². The SMILES string of the molecule is CS(=O)(=O)NCCCCOCCO.O=[N+]([O-])c1ccc(F)c([N+](=O)[O-])c1. The average Bonchev–Trinajstić information content (AvgIpc) is 2.53. The minimum Gasteiger partial charge on any atom is -0.394 e. The molecule has 0 saturated heterocycles. The van der Waals surface area contributed by atoms with Crippen LogP contribution in [0.2, 0.25) is 0 Å². The minimum absolute atomic E-state index is 0.0294. The highest BCUT2D eigenvalue weighted by Gasteiger charge is 2.18. The van der Waals surface area contributed by atoms with E-state index in [-0.39, 0.29) is 6.61 Å². The number of nitro benzene ring substituents is 2. The van der Waals surface area contributed by atoms with Crippen LogP contribution in [0.1, 0.15) is 12.8 Å². The van der Waals surface area contributed by atoms with Gasteiger partial charge in [0.15, 0.2) is 0 Å². The Morgan fingerprint density at radius 1 is 1.19 bits per heavy atom. The second-order valence-corrected chi connectivity index (χ2v) is 6.69. The van der Waals surface area contributed by atoms with Crippen LogP contribution < -0.4 is 4.72 Å². The first-order valence-electron chi connectivity index (χ1n) is 7.30. The quantitative estimate of drug-likeness (QED) is 0.335. The standard InChI is InChI=1S/C7H17NO4S.C6H3FN2O4/c1-13(10,11)8-4-2-3-6-12-7-5-9;7-5-2-1-4(8(10)11)3-6(5)9(12)13/h8-9H,2-7H2,1H3;1-3H. The van der Waals surface area contributed by atoms with Crippen molar-refractivity contribution < 1.29 is 32.5 Å². The molecule has 0 amide bonds. The summed E-state index contributed by atoms with van der Waals surface area (Å²) in [6.07, 6.45) is 2.68. The Balaban J connectivity index is 0.000000481. The molecule has 1 aromatic rings. The van der Waals surface area contributed by atoms with Crippen molar-refractivity contribution in [2.75, 3.05) is 32.6 Å². The predicted molar refractivity (Wildman–Crippen MR) is 89.7 cm³/mol. The number of benzene rings is 1. The fourth-order valence-electron chi connectivity index (χ4n) is 1.51. The van der Waals surface area contributed by atoms with E-state index in [1.54, 1.807) is 0 Å². The van der Waals surface area contributed by atoms with Crippen molar-refractivity contribution in [3.63, 3.8) is 0 Å². The molecular formula is C13H20FN3O8S. The summed E-state index contributed by atoms with van der Waals surface area (Å²) < 4.78 is 41.2. The van der Waals surface area contributed by atoms with Gasteiger partial charge < -0.3 is 9.84 Å². The maximum atomic E-state index is 12.6. The highest BCUT2D eigenvalue weighted by Crippen LogP contribution is 2.22. The van der Waals surface area contributed by atoms with Gasteiger partial charge in [-0.05, 0) is 18.9 Å². The van der Waals surface area contributed by atoms with Gasteiger partial charge >= 0.3 is 5.69 Å². The number of nitrogens with zero attached hydrogens (tertiary/aromatic N) is 2. The molecule has 26 heavy (non-hydrogen) atoms. The summed E-state index contributed by atoms with van der Waals surface area (Å²) in [6, 6.07) is 2.13. The van der Waals surface area contributed by atoms with Crippen molar-refractivity contribution in [1.82, 2.24) is 4.72 Å². The lowest BCUT2D eigenvalue weighted by Crippen LogP contribution is -2.23. The van der Waals surface area contributed by atoms with Gasteiger partial charge in [0.25, 0.3) is 5.69 Å². The van der Waals surface area contributed by atoms with Gasteiger partial charge in [0, 0.05) is 19.2 Å². The lowest BCUT2D eigenvalue weighted by atomic mass is 10.3. The van der Waals surface area contributed by atoms with E-state index in [4.69, 9.17) is 9.84 Å². The summed E-state index contributed by atoms with van der Waals surface area (Å²) in [4.78, 5) is 18.4. The van der Waals surface area contributed by atoms with Crippen molar-refractivity contribution in [2.24, 2.45) is 0 Å². The van der Waals surface area contributed by atoms with Crippen molar-refractivity contribution >= 4 is 21.4 Å². The van der Waals surface area contributed by atoms with Crippen LogP contribution in [0, 0.1) is 26.0 Å². The molecular weight excluding hydrogens is 377 g/mol. The maximum absolute atomic E-state index is 12.6. The number of hydrogen-bond donors (Lipinski definition) is 2. The largest absolute Gasteiger partial charge is 0.394 e. The zero-order valence-electron chi connectivity index (χ0n) is 14.0. The lowest BCUT2D eigenvalue weighted by Gasteiger charge is -2.02. The van der Waals surface area contributed by atoms with E-state index in [1.807, 2.05) is 0 Å². The van der Waals surface area contributed by atoms with E-state index >= 15 is 0 Å². The Morgan fingerprint density at radius 2 is 1.85 bits per heavy atom. The fourth-order valence-corrected chi connectivity index (χ4v) is 2.02. The normalized spacial score (nSPS) is 10.7. The third kappa shape index (κ3) is 11.4. The zero-order chi connectivity index (χ0) is 20.2. The van der Waals surface area contributed by atoms with Crippen molar-refractivity contribution in [3.05, 3.63) is 44.2 Å². The number of nitrogens with one attached hydrogen (secondary N) is 1. The molecule has 0 aliphatic carbocycles. The van der Waals surface area contributed by atoms with Crippen LogP contribution in [0.5, 0.6) is 0 Å². The number of aliphatic hydroxyl groups is 1. The smallest absolute Gasteiger partial charge is 0.311 e. The first kappa shape index (κ1) is 23.8. The Bertz CT molecular complexity index is 699. The first-order chi connectivity index (χ1) is 12.1. The molecule has 11 nitrogen and oxygen atoms in total. The van der Waals surface area contributed by atoms with E-state index in [1.165, 1.54) is 0 Å². The Morgan fingerprint density at radius 3 is 2.35 bits per heavy atom. The van der Waals surface area contributed by atoms with Crippen LogP contribution in [0.15, 0.2) is 18.2 Å². The Kier molecular flexibility index (Phi) is 11.1. The first-order valence-corrected chi connectivity index (χ1v) is 9.19. The molecule has 0 radical (unpaired) electrons. The molecule has 2 N–H and O–H groups in total. The molecule has 0 heterocycles. The van der Waals surface area contributed by atoms with Gasteiger partial charge in [-0.2, -0.15) is 4.39 Å². The van der Waals surface area contributed by atoms with Gasteiger partial charge in [0.05, 0.1) is 35.4 Å². The van der Waals surface area contributed by atoms with Crippen LogP contribution in [0.25, 0.3) is 0 Å². The van der Waals surface area contributed by atoms with E-state index in [9.17, 15) is 33.0 Å². The molecule has 0 aliphatic heterocycles. The average molecular weight is 397 g/mol. The number of non-ortho nitro benzene ring substituents is 1. The summed E-state index contributed by atoms with van der Waals surface area (Å²) in [5, 5.41) is 28.6. The number of hydrogen-bond acceptors (Lipinski definition) is 8. The summed E-state index contributed by atoms with van der Waals surface area (Å²) in [5.41, 5.74) is -1.40. The van der Waals surface area contributed by atoms with Gasteiger partial charge in [-0.3, -0.25) is 20.2 Å². The van der Waals surface area contributed by atoms with Gasteiger partial charge in [-0.25, -0.2) is 13.1 Å². The molecule has 0 aliphatic rings. The number of halogens is 1. The van der Waals surface area contributed by atoms with E-state index in [0.29, 0.717) is 31.9 Å². The number of rotatable bonds is 10. The monoisotopic (exact) mass is 397 g/mol. The number of ether oxygens (including phenoxy) is 1. The van der Waals surface area contributed by atoms with Gasteiger partial charge in [0.1, 0.15) is 0 Å². The van der Waals surface area contributed by atoms with Gasteiger partial charge in [0.2, 0.25) is 15.8 Å². The molecule has 0 spiro atoms. The molecule has 148 valence electrons. The van der Waals surface area contributed by atoms with Gasteiger partial charge in [-0.15, -0.1) is 0 Å². The van der Waals surface area contributed by atoms with E-state index < -0.39 is 37.1 Å². The van der Waals surface area contributed by atoms with Crippen molar-refractivity contribution in [1.29, 1.82) is 0 Å². The zero-order valence-corrected chi connectivity index (χ0v) is 14.8. The highest BCUT2D eigenvalue weighted by atomic mass is 32.2. The second kappa shape index (κ2) is 12.2. The van der Waals surface area contributed by atoms with Crippen LogP contribution in [-0.2, 0) is 14.8 Å². The van der Waals surface area contributed by atoms with Gasteiger partial charge in [-0.1, -0.05) is 0 Å². The summed E-state index contributed by atoms with van der Waals surface area (Å²) in [6.45, 7) is 1.38. The number of aliphatic hydroxyl groups excluding tert-OH is 1. The highest BCUT2D eigenvalue weighted by molar-refractivity contribution is 7.88. The van der Waals surface area contributed by atoms with E-state index in [0.717, 1.165) is 25.2 Å². The second-order valence-electron chi connectivity index (χ2n) is 4.86. The molecule has 0 aromatic heterocycles. The molecule has 0 fully saturated rings. The molecule has 0 unspecified atom stereocenters. The third-order valence-corrected chi connectivity index (χ3v) is 3.38. The number of unbranched alkanes of at least 4 members (excludes halogenated alkanes) is 1. The molecule has 13 heteroatoms. The van der Waals surface area contributed by atoms with Crippen molar-refractivity contribution in [3.8, 4) is 0 Å². The minimum atomic E-state index is -3.05. The van der Waals surface area contributed by atoms with Crippen LogP contribution >= 0.6 is 0 Å². The van der Waals surface area contributed by atoms with Crippen molar-refractivity contribution in [2.45, 2.75) is 12.8 Å². The van der Waals surface area contributed by atoms with Crippen LogP contribution in [0.4, 0.5) is 15.8 Å². The van der Waals surface area contributed by atoms with Crippen LogP contribution in [-0.4, -0.2) is 56.0 Å². The Hall–Kier alpha value is -2.22. The van der Waals surface area contributed by atoms with E-state index in [2.05, 4.69) is 4.72 Å². The summed E-state index contributed by atoms with van der Waals surface area (Å²) >= 11 is 0. The lowest BCUT2D eigenvalue weighted by molar-refractivity contribution is -0.395. The molecule has 0 saturated carbocycles. The molecule has 1 rings (SSSR count). The predicted octanol–water partition coefficient (Wildman–Crippen LogP) is 0.967. The molecule has 0 bridgehead atoms. The molecule has 0 atom stereocenters. The summed E-state index contributed by atoms with van der Waals surface area (Å²) in [5.74, 6) is -1.09. The maximum Gasteiger partial charge on any atom is 0.311 e. The van der Waals surface area contributed by atoms with Crippen LogP contribution in [0.3, 0.4) is 0 Å². The number of nitro groups is 2. The third-order valence-electron chi connectivity index (χ3n) is 2.65. The number of sulfonamides is 1. The summed E-state index contributed by atoms with van der Waals surface area (Å²) in [7, 11) is -3.05. The molecule has 1 aromatic carbocycles. The fraction of sp³-hybridized carbons (Fsp3) is 0.538.